The Balaban J connectivity index is 1.64. The van der Waals surface area contributed by atoms with E-state index in [4.69, 9.17) is 4.74 Å². The van der Waals surface area contributed by atoms with E-state index in [0.29, 0.717) is 18.0 Å². The third kappa shape index (κ3) is 5.38. The molecular weight excluding hydrogens is 388 g/mol. The number of nitrogens with one attached hydrogen (secondary N) is 1. The van der Waals surface area contributed by atoms with E-state index in [1.165, 1.54) is 23.6 Å². The average Bonchev–Trinajstić information content (AvgIpc) is 2.97. The predicted molar refractivity (Wildman–Crippen MR) is 114 cm³/mol. The van der Waals surface area contributed by atoms with Gasteiger partial charge < -0.3 is 10.1 Å². The monoisotopic (exact) mass is 412 g/mol. The van der Waals surface area contributed by atoms with Gasteiger partial charge in [-0.2, -0.15) is 0 Å². The van der Waals surface area contributed by atoms with Crippen molar-refractivity contribution < 1.29 is 19.1 Å². The van der Waals surface area contributed by atoms with Crippen LogP contribution in [0.15, 0.2) is 53.4 Å². The number of imide groups is 1. The first kappa shape index (κ1) is 20.9. The molecule has 1 aliphatic heterocycles. The fourth-order valence-electron chi connectivity index (χ4n) is 2.98. The Morgan fingerprint density at radius 3 is 2.45 bits per heavy atom. The molecule has 0 aromatic heterocycles. The highest BCUT2D eigenvalue weighted by Crippen LogP contribution is 2.34. The van der Waals surface area contributed by atoms with E-state index in [1.807, 2.05) is 12.1 Å². The van der Waals surface area contributed by atoms with Crippen molar-refractivity contribution in [2.24, 2.45) is 0 Å². The summed E-state index contributed by atoms with van der Waals surface area (Å²) < 4.78 is 5.63. The highest BCUT2D eigenvalue weighted by Gasteiger charge is 2.40. The number of unbranched alkanes of at least 4 members (excludes halogenated alkanes) is 1. The number of carbonyl (C=O) groups excluding carboxylic acids is 3. The van der Waals surface area contributed by atoms with Crippen LogP contribution in [-0.4, -0.2) is 29.6 Å². The topological polar surface area (TPSA) is 75.7 Å². The summed E-state index contributed by atoms with van der Waals surface area (Å²) in [6.45, 7) is 4.20. The molecule has 2 aromatic rings. The van der Waals surface area contributed by atoms with Gasteiger partial charge in [0.25, 0.3) is 0 Å². The molecule has 0 bridgehead atoms. The van der Waals surface area contributed by atoms with Gasteiger partial charge >= 0.3 is 0 Å². The number of carbonyl (C=O) groups is 3. The van der Waals surface area contributed by atoms with Gasteiger partial charge in [0.2, 0.25) is 17.7 Å². The summed E-state index contributed by atoms with van der Waals surface area (Å²) in [5.41, 5.74) is 1.26. The lowest BCUT2D eigenvalue weighted by atomic mass is 10.2. The Morgan fingerprint density at radius 1 is 1.14 bits per heavy atom. The average molecular weight is 413 g/mol. The quantitative estimate of drug-likeness (QED) is 0.518. The van der Waals surface area contributed by atoms with Crippen LogP contribution in [-0.2, 0) is 14.4 Å². The molecule has 7 heteroatoms. The zero-order valence-electron chi connectivity index (χ0n) is 16.5. The summed E-state index contributed by atoms with van der Waals surface area (Å²) in [5, 5.41) is 2.24. The van der Waals surface area contributed by atoms with Gasteiger partial charge in [-0.1, -0.05) is 13.3 Å². The highest BCUT2D eigenvalue weighted by atomic mass is 32.2. The second-order valence-electron chi connectivity index (χ2n) is 6.78. The summed E-state index contributed by atoms with van der Waals surface area (Å²) >= 11 is 1.36. The molecule has 1 N–H and O–H groups in total. The summed E-state index contributed by atoms with van der Waals surface area (Å²) in [5.74, 6) is 0.165. The molecule has 6 nitrogen and oxygen atoms in total. The summed E-state index contributed by atoms with van der Waals surface area (Å²) in [6, 6.07) is 14.3. The third-order valence-corrected chi connectivity index (χ3v) is 5.62. The largest absolute Gasteiger partial charge is 0.494 e. The van der Waals surface area contributed by atoms with Crippen molar-refractivity contribution in [3.05, 3.63) is 48.5 Å². The van der Waals surface area contributed by atoms with Crippen molar-refractivity contribution in [1.29, 1.82) is 0 Å². The first-order valence-electron chi connectivity index (χ1n) is 9.62. The van der Waals surface area contributed by atoms with E-state index >= 15 is 0 Å². The summed E-state index contributed by atoms with van der Waals surface area (Å²) in [4.78, 5) is 38.5. The van der Waals surface area contributed by atoms with E-state index < -0.39 is 5.25 Å². The zero-order chi connectivity index (χ0) is 20.8. The Kier molecular flexibility index (Phi) is 6.93. The molecule has 1 heterocycles. The number of hydrogen-bond donors (Lipinski definition) is 1. The van der Waals surface area contributed by atoms with E-state index in [9.17, 15) is 14.4 Å². The Hall–Kier alpha value is -2.80. The SMILES string of the molecule is CCCCOc1ccc(N2C(=O)CC(Sc3ccc(NC(C)=O)cc3)C2=O)cc1. The van der Waals surface area contributed by atoms with Crippen LogP contribution in [0.25, 0.3) is 0 Å². The molecule has 1 saturated heterocycles. The first-order valence-corrected chi connectivity index (χ1v) is 10.5. The molecule has 0 radical (unpaired) electrons. The minimum Gasteiger partial charge on any atom is -0.494 e. The lowest BCUT2D eigenvalue weighted by Gasteiger charge is -2.15. The molecule has 1 unspecified atom stereocenters. The van der Waals surface area contributed by atoms with Crippen molar-refractivity contribution in [2.45, 2.75) is 43.3 Å². The molecule has 29 heavy (non-hydrogen) atoms. The predicted octanol–water partition coefficient (Wildman–Crippen LogP) is 4.25. The summed E-state index contributed by atoms with van der Waals surface area (Å²) in [6.07, 6.45) is 2.20. The third-order valence-electron chi connectivity index (χ3n) is 4.42. The van der Waals surface area contributed by atoms with Crippen LogP contribution in [0.5, 0.6) is 5.75 Å². The van der Waals surface area contributed by atoms with E-state index in [2.05, 4.69) is 12.2 Å². The van der Waals surface area contributed by atoms with Crippen LogP contribution in [0.3, 0.4) is 0 Å². The van der Waals surface area contributed by atoms with Gasteiger partial charge in [-0.05, 0) is 55.0 Å². The van der Waals surface area contributed by atoms with Crippen molar-refractivity contribution in [3.63, 3.8) is 0 Å². The number of thioether (sulfide) groups is 1. The van der Waals surface area contributed by atoms with Crippen molar-refractivity contribution in [2.75, 3.05) is 16.8 Å². The van der Waals surface area contributed by atoms with Gasteiger partial charge in [-0.25, -0.2) is 4.90 Å². The smallest absolute Gasteiger partial charge is 0.247 e. The van der Waals surface area contributed by atoms with Gasteiger partial charge in [-0.15, -0.1) is 11.8 Å². The lowest BCUT2D eigenvalue weighted by Crippen LogP contribution is -2.31. The maximum atomic E-state index is 12.8. The Morgan fingerprint density at radius 2 is 1.83 bits per heavy atom. The van der Waals surface area contributed by atoms with Crippen LogP contribution < -0.4 is 15.0 Å². The lowest BCUT2D eigenvalue weighted by molar-refractivity contribution is -0.121. The molecule has 0 saturated carbocycles. The van der Waals surface area contributed by atoms with Crippen LogP contribution >= 0.6 is 11.8 Å². The molecule has 3 rings (SSSR count). The number of nitrogens with zero attached hydrogens (tertiary/aromatic N) is 1. The fraction of sp³-hybridized carbons (Fsp3) is 0.318. The molecule has 1 atom stereocenters. The van der Waals surface area contributed by atoms with Gasteiger partial charge in [0.05, 0.1) is 17.5 Å². The standard InChI is InChI=1S/C22H24N2O4S/c1-3-4-13-28-18-9-7-17(8-10-18)24-21(26)14-20(22(24)27)29-19-11-5-16(6-12-19)23-15(2)25/h5-12,20H,3-4,13-14H2,1-2H3,(H,23,25). The molecule has 3 amide bonds. The second-order valence-corrected chi connectivity index (χ2v) is 8.06. The number of benzene rings is 2. The van der Waals surface area contributed by atoms with Gasteiger partial charge in [0.15, 0.2) is 0 Å². The highest BCUT2D eigenvalue weighted by molar-refractivity contribution is 8.00. The normalized spacial score (nSPS) is 16.2. The number of amides is 3. The second kappa shape index (κ2) is 9.60. The van der Waals surface area contributed by atoms with Gasteiger partial charge in [0, 0.05) is 23.9 Å². The fourth-order valence-corrected chi connectivity index (χ4v) is 4.03. The van der Waals surface area contributed by atoms with Crippen LogP contribution in [0.1, 0.15) is 33.1 Å². The maximum Gasteiger partial charge on any atom is 0.247 e. The van der Waals surface area contributed by atoms with Crippen LogP contribution in [0.4, 0.5) is 11.4 Å². The number of rotatable bonds is 8. The number of ether oxygens (including phenoxy) is 1. The minimum atomic E-state index is -0.463. The van der Waals surface area contributed by atoms with Crippen molar-refractivity contribution in [3.8, 4) is 5.75 Å². The first-order chi connectivity index (χ1) is 14.0. The zero-order valence-corrected chi connectivity index (χ0v) is 17.3. The molecule has 1 fully saturated rings. The Labute approximate surface area is 174 Å². The maximum absolute atomic E-state index is 12.8. The van der Waals surface area contributed by atoms with E-state index in [0.717, 1.165) is 23.5 Å². The molecule has 0 spiro atoms. The van der Waals surface area contributed by atoms with E-state index in [-0.39, 0.29) is 24.1 Å². The van der Waals surface area contributed by atoms with Gasteiger partial charge in [0.1, 0.15) is 5.75 Å². The minimum absolute atomic E-state index is 0.139. The number of hydrogen-bond acceptors (Lipinski definition) is 5. The number of anilines is 2. The molecule has 2 aromatic carbocycles. The van der Waals surface area contributed by atoms with E-state index in [1.54, 1.807) is 36.4 Å². The molecular formula is C22H24N2O4S. The van der Waals surface area contributed by atoms with Crippen molar-refractivity contribution in [1.82, 2.24) is 0 Å². The van der Waals surface area contributed by atoms with Gasteiger partial charge in [-0.3, -0.25) is 14.4 Å². The molecule has 1 aliphatic rings. The van der Waals surface area contributed by atoms with Crippen LogP contribution in [0, 0.1) is 0 Å². The Bertz CT molecular complexity index is 881. The van der Waals surface area contributed by atoms with Crippen molar-refractivity contribution >= 4 is 40.9 Å². The van der Waals surface area contributed by atoms with Crippen LogP contribution in [0.2, 0.25) is 0 Å². The molecule has 152 valence electrons. The summed E-state index contributed by atoms with van der Waals surface area (Å²) in [7, 11) is 0. The molecule has 0 aliphatic carbocycles.